The summed E-state index contributed by atoms with van der Waals surface area (Å²) in [6.45, 7) is 3.58. The van der Waals surface area contributed by atoms with Crippen LogP contribution < -0.4 is 0 Å². The van der Waals surface area contributed by atoms with Gasteiger partial charge in [-0.15, -0.1) is 0 Å². The highest BCUT2D eigenvalue weighted by Crippen LogP contribution is 2.14. The highest BCUT2D eigenvalue weighted by Gasteiger charge is 2.13. The molecule has 0 aliphatic rings. The van der Waals surface area contributed by atoms with Crippen molar-refractivity contribution in [3.63, 3.8) is 0 Å². The van der Waals surface area contributed by atoms with Crippen molar-refractivity contribution >= 4 is 9.76 Å². The number of halogens is 3. The Morgan fingerprint density at radius 2 is 1.58 bits per heavy atom. The number of benzene rings is 1. The van der Waals surface area contributed by atoms with Crippen LogP contribution in [0.4, 0.5) is 13.2 Å². The van der Waals surface area contributed by atoms with Crippen molar-refractivity contribution in [2.24, 2.45) is 0 Å². The van der Waals surface area contributed by atoms with Gasteiger partial charge in [-0.05, 0) is 31.5 Å². The second-order valence-corrected chi connectivity index (χ2v) is 4.37. The predicted molar refractivity (Wildman–Crippen MR) is 63.9 cm³/mol. The Labute approximate surface area is 112 Å². The lowest BCUT2D eigenvalue weighted by Crippen LogP contribution is -2.24. The smallest absolute Gasteiger partial charge is 0.261 e. The van der Waals surface area contributed by atoms with Gasteiger partial charge in [-0.25, -0.2) is 13.2 Å². The Hall–Kier alpha value is -0.893. The summed E-state index contributed by atoms with van der Waals surface area (Å²) in [6, 6.07) is 1.48. The molecule has 1 aromatic rings. The topological polar surface area (TPSA) is 27.7 Å². The Balaban J connectivity index is 2.50. The maximum absolute atomic E-state index is 13.3. The van der Waals surface area contributed by atoms with E-state index in [1.54, 1.807) is 13.8 Å². The average molecular weight is 292 g/mol. The fourth-order valence-corrected chi connectivity index (χ4v) is 2.06. The van der Waals surface area contributed by atoms with Crippen molar-refractivity contribution in [2.75, 3.05) is 13.2 Å². The molecule has 0 spiro atoms. The molecule has 0 saturated heterocycles. The third kappa shape index (κ3) is 5.31. The molecule has 0 fully saturated rings. The van der Waals surface area contributed by atoms with Crippen molar-refractivity contribution < 1.29 is 27.1 Å². The van der Waals surface area contributed by atoms with Gasteiger partial charge in [-0.2, -0.15) is 0 Å². The van der Waals surface area contributed by atoms with E-state index in [1.807, 2.05) is 0 Å². The van der Waals surface area contributed by atoms with E-state index in [4.69, 9.17) is 13.9 Å². The molecule has 106 valence electrons. The molecular formula is C12H15F3O3Si. The number of hydrogen-bond donors (Lipinski definition) is 0. The fraction of sp³-hybridized carbons (Fsp3) is 0.500. The van der Waals surface area contributed by atoms with Gasteiger partial charge in [0.15, 0.2) is 11.6 Å². The maximum atomic E-state index is 13.3. The molecule has 0 unspecified atom stereocenters. The molecule has 0 aliphatic heterocycles. The maximum Gasteiger partial charge on any atom is 0.261 e. The first-order valence-electron chi connectivity index (χ1n) is 5.83. The van der Waals surface area contributed by atoms with Gasteiger partial charge in [0.25, 0.3) is 6.48 Å². The lowest BCUT2D eigenvalue weighted by atomic mass is 10.2. The van der Waals surface area contributed by atoms with Gasteiger partial charge in [0.1, 0.15) is 5.82 Å². The van der Waals surface area contributed by atoms with Gasteiger partial charge in [-0.3, -0.25) is 0 Å². The number of ether oxygens (including phenoxy) is 2. The van der Waals surface area contributed by atoms with Crippen molar-refractivity contribution in [1.29, 1.82) is 0 Å². The first-order valence-corrected chi connectivity index (χ1v) is 6.95. The van der Waals surface area contributed by atoms with E-state index in [-0.39, 0.29) is 21.4 Å². The molecule has 0 N–H and O–H groups in total. The highest BCUT2D eigenvalue weighted by molar-refractivity contribution is 6.26. The van der Waals surface area contributed by atoms with Gasteiger partial charge in [0.05, 0.1) is 0 Å². The number of rotatable bonds is 8. The van der Waals surface area contributed by atoms with Crippen molar-refractivity contribution in [3.05, 3.63) is 35.1 Å². The molecule has 0 heterocycles. The van der Waals surface area contributed by atoms with E-state index in [0.717, 1.165) is 6.07 Å². The Bertz CT molecular complexity index is 398. The molecule has 19 heavy (non-hydrogen) atoms. The third-order valence-corrected chi connectivity index (χ3v) is 3.02. The minimum atomic E-state index is -1.20. The second-order valence-electron chi connectivity index (χ2n) is 3.50. The van der Waals surface area contributed by atoms with Gasteiger partial charge in [0, 0.05) is 19.3 Å². The summed E-state index contributed by atoms with van der Waals surface area (Å²) < 4.78 is 54.5. The average Bonchev–Trinajstić information content (AvgIpc) is 2.36. The van der Waals surface area contributed by atoms with Crippen LogP contribution in [0, 0.1) is 17.5 Å². The van der Waals surface area contributed by atoms with E-state index in [1.165, 1.54) is 0 Å². The van der Waals surface area contributed by atoms with Crippen LogP contribution in [0.5, 0.6) is 0 Å². The van der Waals surface area contributed by atoms with Crippen LogP contribution in [0.3, 0.4) is 0 Å². The Morgan fingerprint density at radius 3 is 2.16 bits per heavy atom. The monoisotopic (exact) mass is 292 g/mol. The molecular weight excluding hydrogens is 277 g/mol. The molecule has 3 nitrogen and oxygen atoms in total. The van der Waals surface area contributed by atoms with E-state index in [0.29, 0.717) is 19.3 Å². The minimum absolute atomic E-state index is 0.0592. The summed E-state index contributed by atoms with van der Waals surface area (Å²) in [6.07, 6.45) is 0. The van der Waals surface area contributed by atoms with Gasteiger partial charge < -0.3 is 13.9 Å². The minimum Gasteiger partial charge on any atom is -0.372 e. The van der Waals surface area contributed by atoms with Crippen LogP contribution in [-0.2, 0) is 19.9 Å². The van der Waals surface area contributed by atoms with Crippen LogP contribution in [0.15, 0.2) is 12.1 Å². The Morgan fingerprint density at radius 1 is 1.00 bits per heavy atom. The molecule has 7 heteroatoms. The molecule has 0 aromatic heterocycles. The summed E-state index contributed by atoms with van der Waals surface area (Å²) in [5.41, 5.74) is 0.0592. The van der Waals surface area contributed by atoms with Crippen LogP contribution in [0.1, 0.15) is 19.4 Å². The summed E-state index contributed by atoms with van der Waals surface area (Å²) in [4.78, 5) is 0. The molecule has 0 amide bonds. The highest BCUT2D eigenvalue weighted by atomic mass is 28.2. The van der Waals surface area contributed by atoms with Crippen molar-refractivity contribution in [3.8, 4) is 0 Å². The van der Waals surface area contributed by atoms with Crippen LogP contribution in [-0.4, -0.2) is 29.5 Å². The van der Waals surface area contributed by atoms with Crippen molar-refractivity contribution in [1.82, 2.24) is 0 Å². The summed E-state index contributed by atoms with van der Waals surface area (Å²) in [5, 5.41) is 0. The second kappa shape index (κ2) is 8.31. The SMILES string of the molecule is CCOC(OCC)O[Si]Cc1cc(F)c(F)cc1F. The lowest BCUT2D eigenvalue weighted by Gasteiger charge is -2.16. The third-order valence-electron chi connectivity index (χ3n) is 2.14. The lowest BCUT2D eigenvalue weighted by molar-refractivity contribution is -0.243. The predicted octanol–water partition coefficient (Wildman–Crippen LogP) is 2.60. The van der Waals surface area contributed by atoms with Crippen LogP contribution >= 0.6 is 0 Å². The van der Waals surface area contributed by atoms with E-state index < -0.39 is 23.9 Å². The van der Waals surface area contributed by atoms with Gasteiger partial charge in [-0.1, -0.05) is 0 Å². The van der Waals surface area contributed by atoms with Crippen LogP contribution in [0.2, 0.25) is 0 Å². The molecule has 0 bridgehead atoms. The standard InChI is InChI=1S/C12H15F3O3Si/c1-3-16-12(17-4-2)18-19-7-8-5-10(14)11(15)6-9(8)13/h5-6,12H,3-4,7H2,1-2H3. The van der Waals surface area contributed by atoms with E-state index in [2.05, 4.69) is 0 Å². The van der Waals surface area contributed by atoms with E-state index in [9.17, 15) is 13.2 Å². The van der Waals surface area contributed by atoms with Crippen molar-refractivity contribution in [2.45, 2.75) is 26.4 Å². The quantitative estimate of drug-likeness (QED) is 0.419. The molecule has 1 aromatic carbocycles. The molecule has 0 saturated carbocycles. The molecule has 1 rings (SSSR count). The van der Waals surface area contributed by atoms with Crippen LogP contribution in [0.25, 0.3) is 0 Å². The zero-order valence-electron chi connectivity index (χ0n) is 10.7. The summed E-state index contributed by atoms with van der Waals surface area (Å²) in [7, 11) is -0.180. The fourth-order valence-electron chi connectivity index (χ4n) is 1.28. The molecule has 0 aliphatic carbocycles. The Kier molecular flexibility index (Phi) is 7.07. The molecule has 0 atom stereocenters. The largest absolute Gasteiger partial charge is 0.372 e. The van der Waals surface area contributed by atoms with E-state index >= 15 is 0 Å². The van der Waals surface area contributed by atoms with Gasteiger partial charge >= 0.3 is 0 Å². The zero-order valence-corrected chi connectivity index (χ0v) is 11.7. The normalized spacial score (nSPS) is 11.3. The molecule has 2 radical (unpaired) electrons. The first-order chi connectivity index (χ1) is 9.08. The first kappa shape index (κ1) is 16.2. The summed E-state index contributed by atoms with van der Waals surface area (Å²) in [5.74, 6) is -3.07. The number of hydrogen-bond acceptors (Lipinski definition) is 3. The summed E-state index contributed by atoms with van der Waals surface area (Å²) >= 11 is 0. The van der Waals surface area contributed by atoms with Gasteiger partial charge in [0.2, 0.25) is 9.76 Å². The zero-order chi connectivity index (χ0) is 14.3.